The van der Waals surface area contributed by atoms with Gasteiger partial charge in [-0.3, -0.25) is 0 Å². The van der Waals surface area contributed by atoms with Crippen LogP contribution in [0.5, 0.6) is 5.75 Å². The summed E-state index contributed by atoms with van der Waals surface area (Å²) in [5.41, 5.74) is 3.12. The molecule has 266 valence electrons. The van der Waals surface area contributed by atoms with E-state index in [0.717, 1.165) is 27.5 Å². The van der Waals surface area contributed by atoms with Crippen LogP contribution in [0.25, 0.3) is 21.9 Å². The third-order valence-corrected chi connectivity index (χ3v) is 14.0. The van der Waals surface area contributed by atoms with Crippen molar-refractivity contribution in [2.24, 2.45) is 0 Å². The lowest BCUT2D eigenvalue weighted by atomic mass is 10.1. The predicted molar refractivity (Wildman–Crippen MR) is 201 cm³/mol. The molecular formula is C42H40O9Si. The number of carboxylic acids is 2. The number of hydrogen-bond donors (Lipinski definition) is 2. The molecule has 7 aromatic rings. The van der Waals surface area contributed by atoms with E-state index in [4.69, 9.17) is 27.5 Å². The first kappa shape index (κ1) is 36.0. The maximum Gasteiger partial charge on any atom is 0.371 e. The molecule has 2 N–H and O–H groups in total. The molecule has 10 heteroatoms. The minimum atomic E-state index is -2.66. The summed E-state index contributed by atoms with van der Waals surface area (Å²) in [5.74, 6) is -0.486. The summed E-state index contributed by atoms with van der Waals surface area (Å²) >= 11 is 0. The molecule has 52 heavy (non-hydrogen) atoms. The molecule has 3 aromatic heterocycles. The first-order valence-electron chi connectivity index (χ1n) is 16.8. The van der Waals surface area contributed by atoms with Gasteiger partial charge in [-0.15, -0.1) is 0 Å². The van der Waals surface area contributed by atoms with Crippen LogP contribution in [0.3, 0.4) is 0 Å². The van der Waals surface area contributed by atoms with Crippen molar-refractivity contribution in [3.8, 4) is 5.75 Å². The Kier molecular flexibility index (Phi) is 10.2. The molecule has 0 saturated carbocycles. The number of aryl methyl sites for hydroxylation is 2. The van der Waals surface area contributed by atoms with Crippen molar-refractivity contribution in [3.05, 3.63) is 149 Å². The summed E-state index contributed by atoms with van der Waals surface area (Å²) < 4.78 is 29.0. The standard InChI is InChI=1S/C23H26O4Si.C19H14O5/c1-17-18(15-21(27-17)22(24)25)16-26-28(23(2,3)4,19-11-7-5-8-12-19)20-13-9-6-10-14-20;1-11-12(8-18(23-11)19(20)21)10-22-13-6-7-17-15(9-13)14-4-2-3-5-16(14)24-17/h5-15H,16H2,1-4H3,(H,24,25);2-9H,10H2,1H3,(H,20,21). The molecule has 9 nitrogen and oxygen atoms in total. The largest absolute Gasteiger partial charge is 0.489 e. The lowest BCUT2D eigenvalue weighted by molar-refractivity contribution is 0.0651. The van der Waals surface area contributed by atoms with E-state index >= 15 is 0 Å². The molecule has 0 bridgehead atoms. The number of carboxylic acid groups (broad SMARTS) is 2. The Morgan fingerprint density at radius 1 is 0.615 bits per heavy atom. The Bertz CT molecular complexity index is 2290. The highest BCUT2D eigenvalue weighted by Crippen LogP contribution is 2.38. The number of hydrogen-bond acceptors (Lipinski definition) is 7. The zero-order valence-corrected chi connectivity index (χ0v) is 30.6. The number of ether oxygens (including phenoxy) is 1. The van der Waals surface area contributed by atoms with Crippen molar-refractivity contribution < 1.29 is 42.2 Å². The topological polar surface area (TPSA) is 132 Å². The molecule has 0 aliphatic rings. The van der Waals surface area contributed by atoms with Crippen LogP contribution in [0.4, 0.5) is 0 Å². The smallest absolute Gasteiger partial charge is 0.371 e. The fourth-order valence-electron chi connectivity index (χ4n) is 6.44. The van der Waals surface area contributed by atoms with Crippen molar-refractivity contribution >= 4 is 52.6 Å². The average molecular weight is 717 g/mol. The maximum absolute atomic E-state index is 11.2. The zero-order chi connectivity index (χ0) is 37.0. The van der Waals surface area contributed by atoms with E-state index in [1.807, 2.05) is 78.9 Å². The number of benzene rings is 4. The van der Waals surface area contributed by atoms with E-state index in [1.54, 1.807) is 19.9 Å². The molecule has 7 rings (SSSR count). The Morgan fingerprint density at radius 3 is 1.63 bits per heavy atom. The van der Waals surface area contributed by atoms with Gasteiger partial charge in [-0.05, 0) is 65.7 Å². The summed E-state index contributed by atoms with van der Waals surface area (Å²) in [7, 11) is -2.66. The van der Waals surface area contributed by atoms with Crippen molar-refractivity contribution in [1.82, 2.24) is 0 Å². The van der Waals surface area contributed by atoms with E-state index in [0.29, 0.717) is 29.4 Å². The van der Waals surface area contributed by atoms with Gasteiger partial charge < -0.3 is 32.6 Å². The average Bonchev–Trinajstić information content (AvgIpc) is 3.82. The molecule has 4 aromatic carbocycles. The summed E-state index contributed by atoms with van der Waals surface area (Å²) in [6.07, 6.45) is 0. The summed E-state index contributed by atoms with van der Waals surface area (Å²) in [6, 6.07) is 37.2. The van der Waals surface area contributed by atoms with Gasteiger partial charge >= 0.3 is 11.9 Å². The minimum Gasteiger partial charge on any atom is -0.489 e. The minimum absolute atomic E-state index is 0.0569. The SMILES string of the molecule is Cc1oc(C(=O)O)cc1CO[Si](c1ccccc1)(c1ccccc1)C(C)(C)C.Cc1oc(C(=O)O)cc1COc1ccc2oc3ccccc3c2c1. The molecule has 0 fully saturated rings. The van der Waals surface area contributed by atoms with E-state index in [-0.39, 0.29) is 23.2 Å². The first-order valence-corrected chi connectivity index (χ1v) is 18.7. The van der Waals surface area contributed by atoms with Crippen LogP contribution in [-0.4, -0.2) is 30.5 Å². The van der Waals surface area contributed by atoms with Crippen molar-refractivity contribution in [1.29, 1.82) is 0 Å². The van der Waals surface area contributed by atoms with Crippen LogP contribution in [0.2, 0.25) is 5.04 Å². The second-order valence-corrected chi connectivity index (χ2v) is 17.8. The molecule has 0 radical (unpaired) electrons. The van der Waals surface area contributed by atoms with Crippen molar-refractivity contribution in [2.45, 2.75) is 52.9 Å². The van der Waals surface area contributed by atoms with Gasteiger partial charge in [-0.25, -0.2) is 9.59 Å². The van der Waals surface area contributed by atoms with E-state index in [1.165, 1.54) is 16.4 Å². The Hall–Kier alpha value is -5.84. The normalized spacial score (nSPS) is 11.7. The van der Waals surface area contributed by atoms with Crippen LogP contribution in [-0.2, 0) is 17.6 Å². The molecule has 0 unspecified atom stereocenters. The second kappa shape index (κ2) is 14.8. The molecule has 3 heterocycles. The van der Waals surface area contributed by atoms with Crippen molar-refractivity contribution in [3.63, 3.8) is 0 Å². The molecule has 0 spiro atoms. The number of furan rings is 3. The molecular weight excluding hydrogens is 677 g/mol. The summed E-state index contributed by atoms with van der Waals surface area (Å²) in [4.78, 5) is 22.2. The summed E-state index contributed by atoms with van der Waals surface area (Å²) in [6.45, 7) is 10.7. The van der Waals surface area contributed by atoms with Crippen LogP contribution in [0.15, 0.2) is 129 Å². The Balaban J connectivity index is 0.000000180. The van der Waals surface area contributed by atoms with E-state index < -0.39 is 20.3 Å². The summed E-state index contributed by atoms with van der Waals surface area (Å²) in [5, 5.41) is 22.4. The molecule has 0 saturated heterocycles. The number of para-hydroxylation sites is 1. The third kappa shape index (κ3) is 7.30. The Morgan fingerprint density at radius 2 is 1.12 bits per heavy atom. The highest BCUT2D eigenvalue weighted by Gasteiger charge is 2.50. The van der Waals surface area contributed by atoms with E-state index in [9.17, 15) is 14.7 Å². The number of rotatable bonds is 10. The van der Waals surface area contributed by atoms with Crippen LogP contribution in [0.1, 0.15) is 64.5 Å². The molecule has 0 amide bonds. The first-order chi connectivity index (χ1) is 24.9. The monoisotopic (exact) mass is 716 g/mol. The van der Waals surface area contributed by atoms with Gasteiger partial charge in [0.25, 0.3) is 8.32 Å². The van der Waals surface area contributed by atoms with Gasteiger partial charge in [0.05, 0.1) is 6.61 Å². The highest BCUT2D eigenvalue weighted by molar-refractivity contribution is 6.99. The quantitative estimate of drug-likeness (QED) is 0.133. The van der Waals surface area contributed by atoms with Crippen LogP contribution < -0.4 is 15.1 Å². The maximum atomic E-state index is 11.2. The second-order valence-electron chi connectivity index (χ2n) is 13.5. The highest BCUT2D eigenvalue weighted by atomic mass is 28.4. The van der Waals surface area contributed by atoms with Gasteiger partial charge in [-0.2, -0.15) is 0 Å². The van der Waals surface area contributed by atoms with Gasteiger partial charge in [-0.1, -0.05) is 99.6 Å². The fraction of sp³-hybridized carbons (Fsp3) is 0.190. The van der Waals surface area contributed by atoms with Crippen LogP contribution in [0, 0.1) is 13.8 Å². The van der Waals surface area contributed by atoms with Gasteiger partial charge in [0.2, 0.25) is 11.5 Å². The number of fused-ring (bicyclic) bond motifs is 3. The fourth-order valence-corrected chi connectivity index (χ4v) is 11.0. The van der Waals surface area contributed by atoms with Crippen LogP contribution >= 0.6 is 0 Å². The lowest BCUT2D eigenvalue weighted by Crippen LogP contribution is -2.66. The predicted octanol–water partition coefficient (Wildman–Crippen LogP) is 9.13. The van der Waals surface area contributed by atoms with E-state index in [2.05, 4.69) is 45.0 Å². The van der Waals surface area contributed by atoms with Gasteiger partial charge in [0, 0.05) is 21.9 Å². The third-order valence-electron chi connectivity index (χ3n) is 9.07. The number of aromatic carboxylic acids is 2. The Labute approximate surface area is 302 Å². The van der Waals surface area contributed by atoms with Gasteiger partial charge in [0.1, 0.15) is 35.0 Å². The molecule has 0 atom stereocenters. The molecule has 0 aliphatic carbocycles. The number of carbonyl (C=O) groups is 2. The molecule has 0 aliphatic heterocycles. The van der Waals surface area contributed by atoms with Gasteiger partial charge in [0.15, 0.2) is 0 Å². The van der Waals surface area contributed by atoms with Crippen molar-refractivity contribution in [2.75, 3.05) is 0 Å². The lowest BCUT2D eigenvalue weighted by Gasteiger charge is -2.43. The zero-order valence-electron chi connectivity index (χ0n) is 29.6.